The first-order valence-corrected chi connectivity index (χ1v) is 7.23. The molecule has 2 heteroatoms. The second-order valence-electron chi connectivity index (χ2n) is 4.95. The maximum Gasteiger partial charge on any atom is 0.143 e. The van der Waals surface area contributed by atoms with E-state index in [1.807, 2.05) is 0 Å². The molecule has 0 aliphatic heterocycles. The minimum absolute atomic E-state index is 0.188. The first-order chi connectivity index (χ1) is 17.2. The van der Waals surface area contributed by atoms with Gasteiger partial charge in [-0.15, -0.1) is 0 Å². The number of furan rings is 1. The first kappa shape index (κ1) is 5.94. The number of benzene rings is 4. The standard InChI is InChI=1S/C22H13ClO/c23-17-9-5-14(6-10-17)16-8-11-19-20-12-7-15-3-1-2-4-18(15)22(20)24-21(19)13-16/h1-13H/i1D,2D,3D,4D,5D,6D,7D,8D,9D,10D,11D,12D,13D. The van der Waals surface area contributed by atoms with E-state index in [-0.39, 0.29) is 32.7 Å². The van der Waals surface area contributed by atoms with Crippen LogP contribution < -0.4 is 0 Å². The van der Waals surface area contributed by atoms with E-state index in [2.05, 4.69) is 0 Å². The molecule has 0 fully saturated rings. The van der Waals surface area contributed by atoms with Crippen LogP contribution in [0.25, 0.3) is 43.8 Å². The summed E-state index contributed by atoms with van der Waals surface area (Å²) < 4.78 is 114. The quantitative estimate of drug-likeness (QED) is 0.318. The highest BCUT2D eigenvalue weighted by molar-refractivity contribution is 6.30. The van der Waals surface area contributed by atoms with Crippen LogP contribution in [-0.2, 0) is 0 Å². The van der Waals surface area contributed by atoms with Crippen molar-refractivity contribution in [3.8, 4) is 11.1 Å². The van der Waals surface area contributed by atoms with E-state index in [4.69, 9.17) is 33.8 Å². The average Bonchev–Trinajstić information content (AvgIpc) is 3.27. The Bertz CT molecular complexity index is 1850. The van der Waals surface area contributed by atoms with Crippen LogP contribution in [0.1, 0.15) is 17.8 Å². The van der Waals surface area contributed by atoms with Crippen molar-refractivity contribution in [3.63, 3.8) is 0 Å². The molecule has 0 aliphatic rings. The molecule has 0 aliphatic carbocycles. The van der Waals surface area contributed by atoms with E-state index in [0.29, 0.717) is 0 Å². The van der Waals surface area contributed by atoms with Crippen molar-refractivity contribution < 1.29 is 22.2 Å². The van der Waals surface area contributed by atoms with E-state index in [0.717, 1.165) is 0 Å². The van der Waals surface area contributed by atoms with Crippen molar-refractivity contribution in [1.82, 2.24) is 0 Å². The van der Waals surface area contributed by atoms with E-state index < -0.39 is 94.7 Å². The molecular formula is C22H13ClO. The zero-order valence-electron chi connectivity index (χ0n) is 24.8. The zero-order chi connectivity index (χ0) is 27.4. The third kappa shape index (κ3) is 2.02. The minimum Gasteiger partial charge on any atom is -0.455 e. The molecular weight excluding hydrogens is 316 g/mol. The van der Waals surface area contributed by atoms with Crippen LogP contribution in [0.15, 0.2) is 83.0 Å². The fourth-order valence-electron chi connectivity index (χ4n) is 2.45. The topological polar surface area (TPSA) is 13.1 Å². The van der Waals surface area contributed by atoms with Gasteiger partial charge in [-0.1, -0.05) is 59.9 Å². The van der Waals surface area contributed by atoms with Gasteiger partial charge < -0.3 is 4.42 Å². The Kier molecular flexibility index (Phi) is 1.27. The van der Waals surface area contributed by atoms with Gasteiger partial charge in [-0.05, 0) is 46.7 Å². The van der Waals surface area contributed by atoms with Crippen molar-refractivity contribution in [2.24, 2.45) is 0 Å². The Labute approximate surface area is 162 Å². The summed E-state index contributed by atoms with van der Waals surface area (Å²) in [5, 5.41) is -1.35. The molecule has 0 atom stereocenters. The summed E-state index contributed by atoms with van der Waals surface area (Å²) in [6, 6.07) is -7.66. The third-order valence-electron chi connectivity index (χ3n) is 3.53. The lowest BCUT2D eigenvalue weighted by Gasteiger charge is -2.01. The second kappa shape index (κ2) is 5.12. The van der Waals surface area contributed by atoms with Crippen LogP contribution in [0.3, 0.4) is 0 Å². The Morgan fingerprint density at radius 2 is 1.46 bits per heavy atom. The van der Waals surface area contributed by atoms with Crippen LogP contribution in [0.5, 0.6) is 0 Å². The Balaban J connectivity index is 2.07. The molecule has 0 unspecified atom stereocenters. The smallest absolute Gasteiger partial charge is 0.143 e. The summed E-state index contributed by atoms with van der Waals surface area (Å²) in [4.78, 5) is 0. The predicted molar refractivity (Wildman–Crippen MR) is 102 cm³/mol. The number of hydrogen-bond donors (Lipinski definition) is 0. The van der Waals surface area contributed by atoms with Crippen LogP contribution in [0, 0.1) is 0 Å². The second-order valence-corrected chi connectivity index (χ2v) is 5.33. The first-order valence-electron chi connectivity index (χ1n) is 13.3. The molecule has 0 amide bonds. The monoisotopic (exact) mass is 341 g/mol. The van der Waals surface area contributed by atoms with Gasteiger partial charge in [0, 0.05) is 21.2 Å². The van der Waals surface area contributed by atoms with Crippen molar-refractivity contribution in [3.05, 3.63) is 83.6 Å². The van der Waals surface area contributed by atoms with Crippen LogP contribution in [0.2, 0.25) is 5.02 Å². The zero-order valence-corrected chi connectivity index (χ0v) is 12.5. The SMILES string of the molecule is [2H]c1c([2H])c(-c2c([2H])c([2H])c3c(oc4c5c([2H])c([2H])c([2H])c([2H])c5c([2H])c([2H])c43)c2[2H])c([2H])c([2H])c1Cl. The molecule has 0 spiro atoms. The summed E-state index contributed by atoms with van der Waals surface area (Å²) in [5.41, 5.74) is -1.52. The highest BCUT2D eigenvalue weighted by Gasteiger charge is 2.11. The van der Waals surface area contributed by atoms with Gasteiger partial charge in [-0.25, -0.2) is 0 Å². The lowest BCUT2D eigenvalue weighted by atomic mass is 10.0. The molecule has 1 aromatic heterocycles. The number of rotatable bonds is 1. The van der Waals surface area contributed by atoms with E-state index in [9.17, 15) is 0 Å². The summed E-state index contributed by atoms with van der Waals surface area (Å²) in [6.45, 7) is 0. The van der Waals surface area contributed by atoms with Crippen LogP contribution in [-0.4, -0.2) is 0 Å². The Hall–Kier alpha value is -2.77. The fraction of sp³-hybridized carbons (Fsp3) is 0. The highest BCUT2D eigenvalue weighted by atomic mass is 35.5. The molecule has 1 heterocycles. The average molecular weight is 342 g/mol. The largest absolute Gasteiger partial charge is 0.455 e. The van der Waals surface area contributed by atoms with Gasteiger partial charge >= 0.3 is 0 Å². The molecule has 5 aromatic rings. The van der Waals surface area contributed by atoms with Gasteiger partial charge in [0.1, 0.15) is 11.2 Å². The molecule has 0 saturated heterocycles. The maximum atomic E-state index is 8.76. The normalized spacial score (nSPS) is 19.1. The van der Waals surface area contributed by atoms with Crippen LogP contribution in [0.4, 0.5) is 0 Å². The molecule has 0 bridgehead atoms. The van der Waals surface area contributed by atoms with Crippen molar-refractivity contribution in [1.29, 1.82) is 0 Å². The van der Waals surface area contributed by atoms with Gasteiger partial charge in [-0.2, -0.15) is 0 Å². The summed E-state index contributed by atoms with van der Waals surface area (Å²) in [6.07, 6.45) is 0. The molecule has 114 valence electrons. The van der Waals surface area contributed by atoms with Gasteiger partial charge in [-0.3, -0.25) is 0 Å². The molecule has 24 heavy (non-hydrogen) atoms. The Morgan fingerprint density at radius 1 is 0.708 bits per heavy atom. The molecule has 4 aromatic carbocycles. The van der Waals surface area contributed by atoms with Gasteiger partial charge in [0.2, 0.25) is 0 Å². The van der Waals surface area contributed by atoms with Gasteiger partial charge in [0.05, 0.1) is 17.8 Å². The minimum atomic E-state index is -0.649. The maximum absolute atomic E-state index is 8.76. The molecule has 0 radical (unpaired) electrons. The lowest BCUT2D eigenvalue weighted by Crippen LogP contribution is -1.77. The predicted octanol–water partition coefficient (Wildman–Crippen LogP) is 7.06. The fourth-order valence-corrected chi connectivity index (χ4v) is 2.55. The summed E-state index contributed by atoms with van der Waals surface area (Å²) in [7, 11) is 0. The molecule has 0 saturated carbocycles. The summed E-state index contributed by atoms with van der Waals surface area (Å²) >= 11 is 5.88. The number of fused-ring (bicyclic) bond motifs is 5. The van der Waals surface area contributed by atoms with E-state index in [1.54, 1.807) is 0 Å². The van der Waals surface area contributed by atoms with Crippen molar-refractivity contribution >= 4 is 44.3 Å². The van der Waals surface area contributed by atoms with Gasteiger partial charge in [0.25, 0.3) is 0 Å². The molecule has 0 N–H and O–H groups in total. The molecule has 1 nitrogen and oxygen atoms in total. The number of halogens is 1. The van der Waals surface area contributed by atoms with Crippen molar-refractivity contribution in [2.45, 2.75) is 0 Å². The highest BCUT2D eigenvalue weighted by Crippen LogP contribution is 2.36. The number of hydrogen-bond acceptors (Lipinski definition) is 1. The third-order valence-corrected chi connectivity index (χ3v) is 3.72. The van der Waals surface area contributed by atoms with E-state index in [1.165, 1.54) is 0 Å². The Morgan fingerprint density at radius 3 is 2.33 bits per heavy atom. The van der Waals surface area contributed by atoms with Crippen molar-refractivity contribution in [2.75, 3.05) is 0 Å². The summed E-state index contributed by atoms with van der Waals surface area (Å²) in [5.74, 6) is 0. The van der Waals surface area contributed by atoms with E-state index >= 15 is 0 Å². The van der Waals surface area contributed by atoms with Crippen LogP contribution >= 0.6 is 11.6 Å². The lowest BCUT2D eigenvalue weighted by molar-refractivity contribution is 0.673. The molecule has 5 rings (SSSR count). The van der Waals surface area contributed by atoms with Gasteiger partial charge in [0.15, 0.2) is 0 Å².